The predicted molar refractivity (Wildman–Crippen MR) is 77.5 cm³/mol. The van der Waals surface area contributed by atoms with Gasteiger partial charge in [-0.1, -0.05) is 30.8 Å². The van der Waals surface area contributed by atoms with Gasteiger partial charge in [0.15, 0.2) is 0 Å². The molecule has 106 valence electrons. The molecule has 4 nitrogen and oxygen atoms in total. The van der Waals surface area contributed by atoms with Crippen molar-refractivity contribution < 1.29 is 5.11 Å². The first-order chi connectivity index (χ1) is 9.23. The second-order valence-electron chi connectivity index (χ2n) is 5.37. The molecule has 1 fully saturated rings. The lowest BCUT2D eigenvalue weighted by atomic mass is 9.73. The van der Waals surface area contributed by atoms with E-state index in [4.69, 9.17) is 5.53 Å². The molecule has 0 spiro atoms. The molecule has 0 bridgehead atoms. The van der Waals surface area contributed by atoms with Crippen LogP contribution in [-0.2, 0) is 0 Å². The predicted octanol–water partition coefficient (Wildman–Crippen LogP) is 4.19. The zero-order valence-corrected chi connectivity index (χ0v) is 11.9. The van der Waals surface area contributed by atoms with Crippen LogP contribution in [0.25, 0.3) is 10.4 Å². The van der Waals surface area contributed by atoms with Gasteiger partial charge in [-0.3, -0.25) is 0 Å². The largest absolute Gasteiger partial charge is 0.377 e. The fourth-order valence-corrected chi connectivity index (χ4v) is 2.71. The number of nitrogens with zero attached hydrogens (tertiary/aromatic N) is 3. The van der Waals surface area contributed by atoms with Crippen molar-refractivity contribution in [3.05, 3.63) is 10.4 Å². The Kier molecular flexibility index (Phi) is 7.40. The van der Waals surface area contributed by atoms with Gasteiger partial charge in [0.25, 0.3) is 0 Å². The summed E-state index contributed by atoms with van der Waals surface area (Å²) in [5.74, 6) is 6.51. The molecule has 19 heavy (non-hydrogen) atoms. The van der Waals surface area contributed by atoms with Crippen molar-refractivity contribution in [3.8, 4) is 11.8 Å². The minimum Gasteiger partial charge on any atom is -0.377 e. The lowest BCUT2D eigenvalue weighted by molar-refractivity contribution is -0.0000198. The first kappa shape index (κ1) is 15.9. The van der Waals surface area contributed by atoms with Crippen LogP contribution in [0.4, 0.5) is 0 Å². The quantitative estimate of drug-likeness (QED) is 0.252. The molecule has 0 aromatic carbocycles. The molecule has 1 aliphatic rings. The van der Waals surface area contributed by atoms with Crippen LogP contribution in [0, 0.1) is 17.8 Å². The normalized spacial score (nSPS) is 26.1. The van der Waals surface area contributed by atoms with E-state index in [9.17, 15) is 5.11 Å². The van der Waals surface area contributed by atoms with E-state index in [1.807, 2.05) is 0 Å². The van der Waals surface area contributed by atoms with E-state index in [1.165, 1.54) is 6.42 Å². The van der Waals surface area contributed by atoms with E-state index >= 15 is 0 Å². The first-order valence-corrected chi connectivity index (χ1v) is 7.46. The Balaban J connectivity index is 2.53. The molecule has 0 radical (unpaired) electrons. The second kappa shape index (κ2) is 8.85. The minimum atomic E-state index is -0.803. The molecule has 0 aliphatic heterocycles. The van der Waals surface area contributed by atoms with Crippen LogP contribution in [0.3, 0.4) is 0 Å². The zero-order chi connectivity index (χ0) is 14.0. The minimum absolute atomic E-state index is 0.240. The summed E-state index contributed by atoms with van der Waals surface area (Å²) in [5, 5.41) is 14.3. The molecule has 0 aromatic rings. The summed E-state index contributed by atoms with van der Waals surface area (Å²) in [6, 6.07) is 0. The molecular formula is C15H25N3O. The Hall–Kier alpha value is -1.17. The molecule has 0 aromatic heterocycles. The average Bonchev–Trinajstić information content (AvgIpc) is 2.42. The highest BCUT2D eigenvalue weighted by atomic mass is 16.3. The van der Waals surface area contributed by atoms with Gasteiger partial charge in [-0.15, -0.1) is 5.92 Å². The molecule has 0 unspecified atom stereocenters. The van der Waals surface area contributed by atoms with Crippen LogP contribution >= 0.6 is 0 Å². The first-order valence-electron chi connectivity index (χ1n) is 7.46. The van der Waals surface area contributed by atoms with Gasteiger partial charge in [0.2, 0.25) is 0 Å². The zero-order valence-electron chi connectivity index (χ0n) is 11.9. The van der Waals surface area contributed by atoms with Crippen LogP contribution in [0.5, 0.6) is 0 Å². The van der Waals surface area contributed by atoms with Crippen LogP contribution in [0.15, 0.2) is 5.11 Å². The van der Waals surface area contributed by atoms with Crippen molar-refractivity contribution >= 4 is 0 Å². The van der Waals surface area contributed by atoms with Gasteiger partial charge in [-0.2, -0.15) is 0 Å². The monoisotopic (exact) mass is 263 g/mol. The maximum Gasteiger partial charge on any atom is 0.128 e. The van der Waals surface area contributed by atoms with E-state index in [1.54, 1.807) is 0 Å². The van der Waals surface area contributed by atoms with Gasteiger partial charge >= 0.3 is 0 Å². The maximum atomic E-state index is 10.7. The second-order valence-corrected chi connectivity index (χ2v) is 5.37. The molecule has 0 heterocycles. The van der Waals surface area contributed by atoms with E-state index in [0.717, 1.165) is 51.4 Å². The van der Waals surface area contributed by atoms with Crippen molar-refractivity contribution in [2.75, 3.05) is 6.54 Å². The van der Waals surface area contributed by atoms with Crippen molar-refractivity contribution in [2.45, 2.75) is 70.3 Å². The highest BCUT2D eigenvalue weighted by Crippen LogP contribution is 2.36. The molecule has 0 amide bonds. The van der Waals surface area contributed by atoms with E-state index in [-0.39, 0.29) is 5.92 Å². The molecule has 4 heteroatoms. The fourth-order valence-electron chi connectivity index (χ4n) is 2.71. The number of aliphatic hydroxyl groups is 1. The van der Waals surface area contributed by atoms with Gasteiger partial charge in [-0.25, -0.2) is 0 Å². The lowest BCUT2D eigenvalue weighted by Gasteiger charge is -2.36. The van der Waals surface area contributed by atoms with Crippen molar-refractivity contribution in [2.24, 2.45) is 11.0 Å². The fraction of sp³-hybridized carbons (Fsp3) is 0.867. The summed E-state index contributed by atoms with van der Waals surface area (Å²) < 4.78 is 0. The average molecular weight is 263 g/mol. The van der Waals surface area contributed by atoms with E-state index in [2.05, 4.69) is 28.8 Å². The van der Waals surface area contributed by atoms with Gasteiger partial charge in [0.1, 0.15) is 5.60 Å². The SMILES string of the molecule is CCCCC#C[C@]1(O)CCCC[C@H]1CCCN=[N+]=[N-]. The third-order valence-electron chi connectivity index (χ3n) is 3.87. The molecule has 1 N–H and O–H groups in total. The Bertz CT molecular complexity index is 365. The molecule has 2 atom stereocenters. The van der Waals surface area contributed by atoms with E-state index in [0.29, 0.717) is 6.54 Å². The smallest absolute Gasteiger partial charge is 0.128 e. The van der Waals surface area contributed by atoms with Gasteiger partial charge in [0.05, 0.1) is 0 Å². The lowest BCUT2D eigenvalue weighted by Crippen LogP contribution is -2.39. The molecular weight excluding hydrogens is 238 g/mol. The third kappa shape index (κ3) is 5.55. The van der Waals surface area contributed by atoms with Crippen LogP contribution < -0.4 is 0 Å². The van der Waals surface area contributed by atoms with Gasteiger partial charge in [-0.05, 0) is 50.0 Å². The van der Waals surface area contributed by atoms with Gasteiger partial charge in [0, 0.05) is 17.9 Å². The Morgan fingerprint density at radius 1 is 1.42 bits per heavy atom. The standard InChI is InChI=1S/C15H25N3O/c1-2-3-4-6-11-15(19)12-7-5-9-14(15)10-8-13-17-18-16/h14,19H,2-5,7-10,12-13H2,1H3/t14-,15-/m0/s1. The highest BCUT2D eigenvalue weighted by Gasteiger charge is 2.36. The summed E-state index contributed by atoms with van der Waals surface area (Å²) in [5.41, 5.74) is 7.46. The van der Waals surface area contributed by atoms with Crippen LogP contribution in [0.1, 0.15) is 64.7 Å². The van der Waals surface area contributed by atoms with Crippen LogP contribution in [-0.4, -0.2) is 17.3 Å². The molecule has 0 saturated heterocycles. The third-order valence-corrected chi connectivity index (χ3v) is 3.87. The van der Waals surface area contributed by atoms with E-state index < -0.39 is 5.60 Å². The van der Waals surface area contributed by atoms with Gasteiger partial charge < -0.3 is 5.11 Å². The number of azide groups is 1. The number of unbranched alkanes of at least 4 members (excludes halogenated alkanes) is 2. The number of hydrogen-bond donors (Lipinski definition) is 1. The summed E-state index contributed by atoms with van der Waals surface area (Å²) in [6.07, 6.45) is 8.92. The topological polar surface area (TPSA) is 69.0 Å². The molecule has 1 saturated carbocycles. The van der Waals surface area contributed by atoms with Crippen LogP contribution in [0.2, 0.25) is 0 Å². The van der Waals surface area contributed by atoms with Crippen molar-refractivity contribution in [3.63, 3.8) is 0 Å². The Morgan fingerprint density at radius 2 is 2.26 bits per heavy atom. The summed E-state index contributed by atoms with van der Waals surface area (Å²) >= 11 is 0. The number of hydrogen-bond acceptors (Lipinski definition) is 2. The number of rotatable bonds is 6. The summed E-state index contributed by atoms with van der Waals surface area (Å²) in [7, 11) is 0. The maximum absolute atomic E-state index is 10.7. The van der Waals surface area contributed by atoms with Crippen molar-refractivity contribution in [1.82, 2.24) is 0 Å². The Morgan fingerprint density at radius 3 is 3.00 bits per heavy atom. The Labute approximate surface area is 116 Å². The summed E-state index contributed by atoms with van der Waals surface area (Å²) in [6.45, 7) is 2.67. The molecule has 1 rings (SSSR count). The highest BCUT2D eigenvalue weighted by molar-refractivity contribution is 5.17. The van der Waals surface area contributed by atoms with Crippen molar-refractivity contribution in [1.29, 1.82) is 0 Å². The summed E-state index contributed by atoms with van der Waals surface area (Å²) in [4.78, 5) is 2.76. The molecule has 1 aliphatic carbocycles.